The van der Waals surface area contributed by atoms with Crippen LogP contribution in [-0.2, 0) is 6.18 Å². The summed E-state index contributed by atoms with van der Waals surface area (Å²) < 4.78 is 45.0. The van der Waals surface area contributed by atoms with Gasteiger partial charge in [0.25, 0.3) is 11.8 Å². The van der Waals surface area contributed by atoms with Crippen LogP contribution < -0.4 is 15.4 Å². The molecule has 3 aromatic rings. The van der Waals surface area contributed by atoms with Crippen LogP contribution >= 0.6 is 15.9 Å². The molecule has 34 heavy (non-hydrogen) atoms. The van der Waals surface area contributed by atoms with Crippen molar-refractivity contribution in [2.45, 2.75) is 25.9 Å². The number of hydrogen-bond donors (Lipinski definition) is 2. The van der Waals surface area contributed by atoms with Gasteiger partial charge in [0.05, 0.1) is 16.6 Å². The minimum atomic E-state index is -4.51. The average Bonchev–Trinajstić information content (AvgIpc) is 2.80. The van der Waals surface area contributed by atoms with Gasteiger partial charge in [-0.1, -0.05) is 25.5 Å². The molecular weight excluding hydrogens is 513 g/mol. The van der Waals surface area contributed by atoms with Gasteiger partial charge in [0, 0.05) is 22.5 Å². The van der Waals surface area contributed by atoms with Gasteiger partial charge in [0.1, 0.15) is 5.75 Å². The lowest BCUT2D eigenvalue weighted by Gasteiger charge is -2.11. The number of halogens is 4. The standard InChI is InChI=1S/C25H22BrF3N2O3/c1-2-3-12-34-22-11-10-17(14-21(22)26)24(33)30-19-8-4-6-16(13-19)23(32)31-20-9-5-7-18(15-20)25(27,28)29/h4-11,13-15H,2-3,12H2,1H3,(H,30,33)(H,31,32). The number of anilines is 2. The molecule has 0 saturated carbocycles. The largest absolute Gasteiger partial charge is 0.492 e. The van der Waals surface area contributed by atoms with Gasteiger partial charge in [-0.05, 0) is 76.9 Å². The summed E-state index contributed by atoms with van der Waals surface area (Å²) in [5.41, 5.74) is 0.0744. The van der Waals surface area contributed by atoms with Crippen molar-refractivity contribution < 1.29 is 27.5 Å². The van der Waals surface area contributed by atoms with Crippen LogP contribution in [0.5, 0.6) is 5.75 Å². The smallest absolute Gasteiger partial charge is 0.416 e. The third kappa shape index (κ3) is 6.84. The molecule has 0 aliphatic rings. The number of alkyl halides is 3. The van der Waals surface area contributed by atoms with E-state index in [9.17, 15) is 22.8 Å². The Balaban J connectivity index is 1.68. The molecule has 2 N–H and O–H groups in total. The van der Waals surface area contributed by atoms with Gasteiger partial charge in [-0.15, -0.1) is 0 Å². The second kappa shape index (κ2) is 11.2. The van der Waals surface area contributed by atoms with Gasteiger partial charge >= 0.3 is 6.18 Å². The van der Waals surface area contributed by atoms with E-state index in [1.807, 2.05) is 0 Å². The minimum Gasteiger partial charge on any atom is -0.492 e. The molecule has 2 amide bonds. The van der Waals surface area contributed by atoms with Crippen molar-refractivity contribution in [1.29, 1.82) is 0 Å². The van der Waals surface area contributed by atoms with E-state index >= 15 is 0 Å². The van der Waals surface area contributed by atoms with Crippen LogP contribution in [0.4, 0.5) is 24.5 Å². The van der Waals surface area contributed by atoms with E-state index < -0.39 is 23.6 Å². The number of ether oxygens (including phenoxy) is 1. The number of carbonyl (C=O) groups is 2. The lowest BCUT2D eigenvalue weighted by atomic mass is 10.1. The van der Waals surface area contributed by atoms with E-state index in [-0.39, 0.29) is 11.3 Å². The van der Waals surface area contributed by atoms with E-state index in [2.05, 4.69) is 33.5 Å². The number of carbonyl (C=O) groups excluding carboxylic acids is 2. The molecule has 3 aromatic carbocycles. The van der Waals surface area contributed by atoms with Gasteiger partial charge < -0.3 is 15.4 Å². The Bertz CT molecular complexity index is 1180. The maximum absolute atomic E-state index is 12.9. The van der Waals surface area contributed by atoms with Crippen molar-refractivity contribution in [2.75, 3.05) is 17.2 Å². The van der Waals surface area contributed by atoms with E-state index in [0.717, 1.165) is 25.0 Å². The van der Waals surface area contributed by atoms with Gasteiger partial charge in [-0.25, -0.2) is 0 Å². The van der Waals surface area contributed by atoms with Crippen molar-refractivity contribution >= 4 is 39.1 Å². The van der Waals surface area contributed by atoms with Crippen molar-refractivity contribution in [3.05, 3.63) is 87.9 Å². The second-order valence-electron chi connectivity index (χ2n) is 7.41. The fraction of sp³-hybridized carbons (Fsp3) is 0.200. The summed E-state index contributed by atoms with van der Waals surface area (Å²) in [4.78, 5) is 25.2. The second-order valence-corrected chi connectivity index (χ2v) is 8.27. The van der Waals surface area contributed by atoms with Crippen LogP contribution in [0.15, 0.2) is 71.2 Å². The highest BCUT2D eigenvalue weighted by Crippen LogP contribution is 2.31. The number of benzene rings is 3. The first-order valence-corrected chi connectivity index (χ1v) is 11.3. The van der Waals surface area contributed by atoms with E-state index in [0.29, 0.717) is 28.1 Å². The fourth-order valence-corrected chi connectivity index (χ4v) is 3.50. The highest BCUT2D eigenvalue weighted by atomic mass is 79.9. The Kier molecular flexibility index (Phi) is 8.33. The molecule has 0 aromatic heterocycles. The first-order valence-electron chi connectivity index (χ1n) is 10.5. The zero-order valence-corrected chi connectivity index (χ0v) is 19.8. The number of rotatable bonds is 8. The Morgan fingerprint density at radius 1 is 0.882 bits per heavy atom. The molecule has 0 aliphatic carbocycles. The fourth-order valence-electron chi connectivity index (χ4n) is 3.00. The monoisotopic (exact) mass is 534 g/mol. The molecule has 0 heterocycles. The van der Waals surface area contributed by atoms with Crippen LogP contribution in [0.25, 0.3) is 0 Å². The maximum atomic E-state index is 12.9. The topological polar surface area (TPSA) is 67.4 Å². The Morgan fingerprint density at radius 2 is 1.50 bits per heavy atom. The van der Waals surface area contributed by atoms with Crippen molar-refractivity contribution in [3.8, 4) is 5.75 Å². The normalized spacial score (nSPS) is 11.1. The van der Waals surface area contributed by atoms with Gasteiger partial charge in [-0.3, -0.25) is 9.59 Å². The highest BCUT2D eigenvalue weighted by molar-refractivity contribution is 9.10. The summed E-state index contributed by atoms with van der Waals surface area (Å²) in [6, 6.07) is 15.5. The third-order valence-corrected chi connectivity index (χ3v) is 5.40. The van der Waals surface area contributed by atoms with Crippen molar-refractivity contribution in [2.24, 2.45) is 0 Å². The van der Waals surface area contributed by atoms with Crippen LogP contribution in [0.3, 0.4) is 0 Å². The maximum Gasteiger partial charge on any atom is 0.416 e. The highest BCUT2D eigenvalue weighted by Gasteiger charge is 2.30. The number of hydrogen-bond acceptors (Lipinski definition) is 3. The molecule has 0 bridgehead atoms. The summed E-state index contributed by atoms with van der Waals surface area (Å²) in [5, 5.41) is 5.16. The number of nitrogens with one attached hydrogen (secondary N) is 2. The molecule has 178 valence electrons. The van der Waals surface area contributed by atoms with Gasteiger partial charge in [0.2, 0.25) is 0 Å². The zero-order chi connectivity index (χ0) is 24.7. The van der Waals surface area contributed by atoms with Crippen LogP contribution in [0.2, 0.25) is 0 Å². The first kappa shape index (κ1) is 25.3. The summed E-state index contributed by atoms with van der Waals surface area (Å²) >= 11 is 3.40. The van der Waals surface area contributed by atoms with Crippen molar-refractivity contribution in [1.82, 2.24) is 0 Å². The van der Waals surface area contributed by atoms with Crippen LogP contribution in [0.1, 0.15) is 46.0 Å². The molecule has 5 nitrogen and oxygen atoms in total. The molecule has 0 unspecified atom stereocenters. The summed E-state index contributed by atoms with van der Waals surface area (Å²) in [6.07, 6.45) is -2.58. The first-order chi connectivity index (χ1) is 16.2. The summed E-state index contributed by atoms with van der Waals surface area (Å²) in [6.45, 7) is 2.64. The van der Waals surface area contributed by atoms with Crippen LogP contribution in [0, 0.1) is 0 Å². The third-order valence-electron chi connectivity index (χ3n) is 4.78. The summed E-state index contributed by atoms with van der Waals surface area (Å²) in [5.74, 6) is -0.360. The molecule has 0 spiro atoms. The van der Waals surface area contributed by atoms with E-state index in [1.165, 1.54) is 24.3 Å². The SMILES string of the molecule is CCCCOc1ccc(C(=O)Nc2cccc(C(=O)Nc3cccc(C(F)(F)F)c3)c2)cc1Br. The number of amides is 2. The Hall–Kier alpha value is -3.33. The molecule has 0 fully saturated rings. The Morgan fingerprint density at radius 3 is 2.12 bits per heavy atom. The van der Waals surface area contributed by atoms with E-state index in [1.54, 1.807) is 30.3 Å². The molecule has 0 aliphatic heterocycles. The molecule has 9 heteroatoms. The molecule has 0 saturated heterocycles. The average molecular weight is 535 g/mol. The summed E-state index contributed by atoms with van der Waals surface area (Å²) in [7, 11) is 0. The van der Waals surface area contributed by atoms with Crippen LogP contribution in [-0.4, -0.2) is 18.4 Å². The van der Waals surface area contributed by atoms with E-state index in [4.69, 9.17) is 4.74 Å². The number of unbranched alkanes of at least 4 members (excludes halogenated alkanes) is 1. The lowest BCUT2D eigenvalue weighted by molar-refractivity contribution is -0.137. The molecule has 0 atom stereocenters. The lowest BCUT2D eigenvalue weighted by Crippen LogP contribution is -2.15. The zero-order valence-electron chi connectivity index (χ0n) is 18.2. The minimum absolute atomic E-state index is 0.0142. The Labute approximate surface area is 203 Å². The van der Waals surface area contributed by atoms with Gasteiger partial charge in [-0.2, -0.15) is 13.2 Å². The quantitative estimate of drug-likeness (QED) is 0.301. The molecule has 0 radical (unpaired) electrons. The predicted octanol–water partition coefficient (Wildman–Crippen LogP) is 7.15. The van der Waals surface area contributed by atoms with Crippen molar-refractivity contribution in [3.63, 3.8) is 0 Å². The molecule has 3 rings (SSSR count). The van der Waals surface area contributed by atoms with Gasteiger partial charge in [0.15, 0.2) is 0 Å². The molecular formula is C25H22BrF3N2O3. The predicted molar refractivity (Wildman–Crippen MR) is 128 cm³/mol.